The lowest BCUT2D eigenvalue weighted by molar-refractivity contribution is -0.137. The first-order chi connectivity index (χ1) is 9.97. The zero-order chi connectivity index (χ0) is 15.1. The van der Waals surface area contributed by atoms with Crippen LogP contribution in [0.5, 0.6) is 0 Å². The lowest BCUT2D eigenvalue weighted by Gasteiger charge is -2.25. The maximum atomic E-state index is 11.2. The highest BCUT2D eigenvalue weighted by atomic mass is 79.9. The van der Waals surface area contributed by atoms with Gasteiger partial charge in [-0.15, -0.1) is 0 Å². The predicted octanol–water partition coefficient (Wildman–Crippen LogP) is 2.52. The van der Waals surface area contributed by atoms with Gasteiger partial charge in [0.05, 0.1) is 6.54 Å². The number of amides is 1. The quantitative estimate of drug-likeness (QED) is 0.869. The van der Waals surface area contributed by atoms with Gasteiger partial charge in [-0.3, -0.25) is 4.79 Å². The molecule has 1 aromatic heterocycles. The molecule has 1 aliphatic rings. The van der Waals surface area contributed by atoms with E-state index >= 15 is 0 Å². The van der Waals surface area contributed by atoms with E-state index in [1.165, 1.54) is 4.90 Å². The van der Waals surface area contributed by atoms with Crippen molar-refractivity contribution in [3.05, 3.63) is 33.9 Å². The van der Waals surface area contributed by atoms with Gasteiger partial charge >= 0.3 is 12.1 Å². The van der Waals surface area contributed by atoms with E-state index in [1.807, 2.05) is 18.2 Å². The van der Waals surface area contributed by atoms with E-state index < -0.39 is 12.1 Å². The van der Waals surface area contributed by atoms with Crippen molar-refractivity contribution in [1.29, 1.82) is 0 Å². The van der Waals surface area contributed by atoms with Crippen LogP contribution in [-0.2, 0) is 24.3 Å². The molecule has 0 fully saturated rings. The summed E-state index contributed by atoms with van der Waals surface area (Å²) in [6, 6.07) is 5.64. The Kier molecular flexibility index (Phi) is 3.36. The van der Waals surface area contributed by atoms with Crippen LogP contribution in [0.15, 0.2) is 22.7 Å². The van der Waals surface area contributed by atoms with Crippen LogP contribution >= 0.6 is 15.9 Å². The third kappa shape index (κ3) is 2.37. The Bertz CT molecular complexity index is 753. The van der Waals surface area contributed by atoms with Crippen molar-refractivity contribution in [2.24, 2.45) is 0 Å². The number of aliphatic carboxylic acids is 1. The van der Waals surface area contributed by atoms with Crippen molar-refractivity contribution in [3.63, 3.8) is 0 Å². The summed E-state index contributed by atoms with van der Waals surface area (Å²) in [5.74, 6) is -0.904. The fourth-order valence-electron chi connectivity index (χ4n) is 2.90. The molecule has 7 heteroatoms. The second-order valence-corrected chi connectivity index (χ2v) is 5.94. The summed E-state index contributed by atoms with van der Waals surface area (Å²) in [5, 5.41) is 19.2. The topological polar surface area (TPSA) is 82.8 Å². The molecule has 2 heterocycles. The molecule has 1 aromatic carbocycles. The highest BCUT2D eigenvalue weighted by molar-refractivity contribution is 9.10. The van der Waals surface area contributed by atoms with Gasteiger partial charge in [-0.1, -0.05) is 15.9 Å². The second kappa shape index (κ2) is 5.07. The molecule has 1 amide bonds. The number of rotatable bonds is 2. The van der Waals surface area contributed by atoms with E-state index in [0.29, 0.717) is 19.5 Å². The minimum atomic E-state index is -0.949. The number of halogens is 1. The van der Waals surface area contributed by atoms with Crippen LogP contribution in [0, 0.1) is 0 Å². The smallest absolute Gasteiger partial charge is 0.407 e. The first-order valence-electron chi connectivity index (χ1n) is 6.46. The van der Waals surface area contributed by atoms with Crippen molar-refractivity contribution in [2.75, 3.05) is 6.54 Å². The molecule has 0 aliphatic carbocycles. The lowest BCUT2D eigenvalue weighted by atomic mass is 10.0. The van der Waals surface area contributed by atoms with Crippen LogP contribution in [0.2, 0.25) is 0 Å². The van der Waals surface area contributed by atoms with Gasteiger partial charge in [-0.05, 0) is 18.2 Å². The Balaban J connectivity index is 2.20. The number of hydrogen-bond donors (Lipinski definition) is 2. The molecule has 2 N–H and O–H groups in total. The molecule has 0 saturated carbocycles. The van der Waals surface area contributed by atoms with E-state index in [9.17, 15) is 9.59 Å². The van der Waals surface area contributed by atoms with Crippen molar-refractivity contribution < 1.29 is 19.8 Å². The highest BCUT2D eigenvalue weighted by Gasteiger charge is 2.26. The van der Waals surface area contributed by atoms with E-state index in [0.717, 1.165) is 26.6 Å². The number of hydrogen-bond acceptors (Lipinski definition) is 2. The number of nitrogens with zero attached hydrogens (tertiary/aromatic N) is 2. The van der Waals surface area contributed by atoms with Crippen molar-refractivity contribution in [2.45, 2.75) is 19.5 Å². The summed E-state index contributed by atoms with van der Waals surface area (Å²) in [7, 11) is 0. The zero-order valence-electron chi connectivity index (χ0n) is 11.0. The van der Waals surface area contributed by atoms with Crippen LogP contribution < -0.4 is 0 Å². The second-order valence-electron chi connectivity index (χ2n) is 5.02. The van der Waals surface area contributed by atoms with Gasteiger partial charge in [0.25, 0.3) is 0 Å². The predicted molar refractivity (Wildman–Crippen MR) is 79.4 cm³/mol. The number of benzene rings is 1. The molecule has 3 rings (SSSR count). The Morgan fingerprint density at radius 1 is 1.29 bits per heavy atom. The average molecular weight is 353 g/mol. The third-order valence-corrected chi connectivity index (χ3v) is 4.27. The molecule has 0 bridgehead atoms. The van der Waals surface area contributed by atoms with Crippen molar-refractivity contribution in [1.82, 2.24) is 9.47 Å². The summed E-state index contributed by atoms with van der Waals surface area (Å²) < 4.78 is 2.66. The molecule has 0 saturated heterocycles. The Hall–Kier alpha value is -2.02. The molecule has 21 heavy (non-hydrogen) atoms. The van der Waals surface area contributed by atoms with Gasteiger partial charge in [-0.25, -0.2) is 4.79 Å². The Morgan fingerprint density at radius 3 is 2.71 bits per heavy atom. The minimum Gasteiger partial charge on any atom is -0.480 e. The largest absolute Gasteiger partial charge is 0.480 e. The van der Waals surface area contributed by atoms with Crippen LogP contribution in [-0.4, -0.2) is 38.3 Å². The van der Waals surface area contributed by atoms with Crippen LogP contribution in [0.25, 0.3) is 10.9 Å². The van der Waals surface area contributed by atoms with E-state index in [1.54, 1.807) is 4.57 Å². The highest BCUT2D eigenvalue weighted by Crippen LogP contribution is 2.32. The van der Waals surface area contributed by atoms with Gasteiger partial charge in [0, 0.05) is 39.6 Å². The molecule has 0 unspecified atom stereocenters. The van der Waals surface area contributed by atoms with Gasteiger partial charge < -0.3 is 19.7 Å². The van der Waals surface area contributed by atoms with E-state index in [2.05, 4.69) is 15.9 Å². The van der Waals surface area contributed by atoms with Crippen LogP contribution in [0.1, 0.15) is 11.3 Å². The minimum absolute atomic E-state index is 0.111. The van der Waals surface area contributed by atoms with Crippen molar-refractivity contribution >= 4 is 38.9 Å². The number of aromatic nitrogens is 1. The summed E-state index contributed by atoms with van der Waals surface area (Å²) in [4.78, 5) is 23.6. The Labute approximate surface area is 128 Å². The molecule has 0 spiro atoms. The number of carboxylic acids is 1. The monoisotopic (exact) mass is 352 g/mol. The zero-order valence-corrected chi connectivity index (χ0v) is 12.6. The maximum absolute atomic E-state index is 11.2. The summed E-state index contributed by atoms with van der Waals surface area (Å²) in [6.45, 7) is 0.574. The first-order valence-corrected chi connectivity index (χ1v) is 7.26. The summed E-state index contributed by atoms with van der Waals surface area (Å²) in [6.07, 6.45) is -0.420. The SMILES string of the molecule is O=C(O)Cn1c2c(c3cc(Br)ccc31)CN(C(=O)O)CC2. The molecule has 0 atom stereocenters. The van der Waals surface area contributed by atoms with Crippen LogP contribution in [0.4, 0.5) is 4.79 Å². The van der Waals surface area contributed by atoms with E-state index in [-0.39, 0.29) is 6.54 Å². The number of carboxylic acid groups (broad SMARTS) is 2. The van der Waals surface area contributed by atoms with E-state index in [4.69, 9.17) is 10.2 Å². The molecule has 6 nitrogen and oxygen atoms in total. The maximum Gasteiger partial charge on any atom is 0.407 e. The fraction of sp³-hybridized carbons (Fsp3) is 0.286. The number of carbonyl (C=O) groups is 2. The van der Waals surface area contributed by atoms with Gasteiger partial charge in [-0.2, -0.15) is 0 Å². The van der Waals surface area contributed by atoms with Gasteiger partial charge in [0.1, 0.15) is 6.54 Å². The fourth-order valence-corrected chi connectivity index (χ4v) is 3.26. The molecule has 1 aliphatic heterocycles. The van der Waals surface area contributed by atoms with Gasteiger partial charge in [0.2, 0.25) is 0 Å². The summed E-state index contributed by atoms with van der Waals surface area (Å²) in [5.41, 5.74) is 2.65. The lowest BCUT2D eigenvalue weighted by Crippen LogP contribution is -2.35. The molecule has 2 aromatic rings. The van der Waals surface area contributed by atoms with Crippen LogP contribution in [0.3, 0.4) is 0 Å². The Morgan fingerprint density at radius 2 is 2.05 bits per heavy atom. The normalized spacial score (nSPS) is 14.2. The molecule has 0 radical (unpaired) electrons. The summed E-state index contributed by atoms with van der Waals surface area (Å²) >= 11 is 3.41. The average Bonchev–Trinajstić information content (AvgIpc) is 2.71. The van der Waals surface area contributed by atoms with Crippen molar-refractivity contribution in [3.8, 4) is 0 Å². The standard InChI is InChI=1S/C14H13BrN2O4/c15-8-1-2-11-9(5-8)10-6-16(14(20)21)4-3-12(10)17(11)7-13(18)19/h1-2,5H,3-4,6-7H2,(H,18,19)(H,20,21). The number of fused-ring (bicyclic) bond motifs is 3. The first kappa shape index (κ1) is 13.9. The molecule has 110 valence electrons. The molecular formula is C14H13BrN2O4. The third-order valence-electron chi connectivity index (χ3n) is 3.78. The molecular weight excluding hydrogens is 340 g/mol. The van der Waals surface area contributed by atoms with Gasteiger partial charge in [0.15, 0.2) is 0 Å².